The summed E-state index contributed by atoms with van der Waals surface area (Å²) in [6.07, 6.45) is -0.0784. The molecule has 0 saturated carbocycles. The second-order valence-corrected chi connectivity index (χ2v) is 8.15. The molecule has 0 unspecified atom stereocenters. The number of ether oxygens (including phenoxy) is 1. The summed E-state index contributed by atoms with van der Waals surface area (Å²) in [6, 6.07) is 4.10. The average Bonchev–Trinajstić information content (AvgIpc) is 2.89. The van der Waals surface area contributed by atoms with Gasteiger partial charge in [-0.25, -0.2) is 12.8 Å². The molecule has 0 aromatic heterocycles. The highest BCUT2D eigenvalue weighted by Crippen LogP contribution is 2.26. The molecule has 3 rings (SSSR count). The Morgan fingerprint density at radius 2 is 2.18 bits per heavy atom. The van der Waals surface area contributed by atoms with Gasteiger partial charge < -0.3 is 4.74 Å². The second-order valence-electron chi connectivity index (χ2n) is 5.78. The molecule has 1 aromatic rings. The minimum absolute atomic E-state index is 0.0640. The minimum Gasteiger partial charge on any atom is -0.374 e. The highest BCUT2D eigenvalue weighted by molar-refractivity contribution is 7.88. The number of hydrogen-bond acceptors (Lipinski definition) is 4. The number of morpholine rings is 1. The van der Waals surface area contributed by atoms with Gasteiger partial charge in [-0.1, -0.05) is 17.7 Å². The van der Waals surface area contributed by atoms with E-state index in [2.05, 4.69) is 4.90 Å². The average molecular weight is 349 g/mol. The molecule has 2 saturated heterocycles. The standard InChI is InChI=1S/C14H18ClFN2O3S/c1-17-4-5-21-14-8-18(7-13(14)17)22(19,20)9-10-2-3-12(16)11(15)6-10/h2-3,6,13-14H,4-5,7-9H2,1H3/t13-,14+/m0/s1. The molecule has 2 fully saturated rings. The normalized spacial score (nSPS) is 27.0. The van der Waals surface area contributed by atoms with Crippen molar-refractivity contribution in [3.05, 3.63) is 34.6 Å². The number of fused-ring (bicyclic) bond motifs is 1. The van der Waals surface area contributed by atoms with E-state index < -0.39 is 15.8 Å². The van der Waals surface area contributed by atoms with Crippen LogP contribution in [-0.2, 0) is 20.5 Å². The third-order valence-electron chi connectivity index (χ3n) is 4.27. The van der Waals surface area contributed by atoms with Gasteiger partial charge in [-0.2, -0.15) is 4.31 Å². The summed E-state index contributed by atoms with van der Waals surface area (Å²) in [5.41, 5.74) is 0.482. The molecule has 5 nitrogen and oxygen atoms in total. The molecule has 0 amide bonds. The van der Waals surface area contributed by atoms with Crippen molar-refractivity contribution < 1.29 is 17.5 Å². The second kappa shape index (κ2) is 6.05. The fourth-order valence-corrected chi connectivity index (χ4v) is 4.72. The van der Waals surface area contributed by atoms with Crippen molar-refractivity contribution in [2.75, 3.05) is 33.3 Å². The summed E-state index contributed by atoms with van der Waals surface area (Å²) in [5.74, 6) is -0.735. The maximum absolute atomic E-state index is 13.2. The maximum atomic E-state index is 13.2. The van der Waals surface area contributed by atoms with Crippen LogP contribution in [-0.4, -0.2) is 63.1 Å². The van der Waals surface area contributed by atoms with Crippen LogP contribution in [0.15, 0.2) is 18.2 Å². The zero-order valence-electron chi connectivity index (χ0n) is 12.2. The molecule has 0 N–H and O–H groups in total. The highest BCUT2D eigenvalue weighted by Gasteiger charge is 2.42. The topological polar surface area (TPSA) is 49.9 Å². The highest BCUT2D eigenvalue weighted by atomic mass is 35.5. The van der Waals surface area contributed by atoms with E-state index in [1.165, 1.54) is 22.5 Å². The Kier molecular flexibility index (Phi) is 4.44. The molecule has 2 aliphatic rings. The van der Waals surface area contributed by atoms with Gasteiger partial charge in [0.05, 0.1) is 29.5 Å². The van der Waals surface area contributed by atoms with Gasteiger partial charge in [0, 0.05) is 19.6 Å². The van der Waals surface area contributed by atoms with E-state index in [0.717, 1.165) is 6.54 Å². The van der Waals surface area contributed by atoms with Crippen molar-refractivity contribution in [3.63, 3.8) is 0 Å². The molecule has 0 bridgehead atoms. The SMILES string of the molecule is CN1CCO[C@@H]2CN(S(=O)(=O)Cc3ccc(F)c(Cl)c3)C[C@@H]21. The Labute approximate surface area is 134 Å². The molecule has 2 aliphatic heterocycles. The summed E-state index contributed by atoms with van der Waals surface area (Å²) >= 11 is 5.71. The maximum Gasteiger partial charge on any atom is 0.218 e. The van der Waals surface area contributed by atoms with Crippen molar-refractivity contribution in [2.45, 2.75) is 17.9 Å². The number of likely N-dealkylation sites (N-methyl/N-ethyl adjacent to an activating group) is 1. The van der Waals surface area contributed by atoms with E-state index in [1.54, 1.807) is 0 Å². The van der Waals surface area contributed by atoms with E-state index in [0.29, 0.717) is 25.3 Å². The molecule has 8 heteroatoms. The predicted molar refractivity (Wildman–Crippen MR) is 81.8 cm³/mol. The van der Waals surface area contributed by atoms with Crippen molar-refractivity contribution >= 4 is 21.6 Å². The first-order chi connectivity index (χ1) is 10.4. The van der Waals surface area contributed by atoms with Gasteiger partial charge in [-0.3, -0.25) is 4.90 Å². The van der Waals surface area contributed by atoms with Crippen molar-refractivity contribution in [2.24, 2.45) is 0 Å². The van der Waals surface area contributed by atoms with Crippen LogP contribution in [0, 0.1) is 5.82 Å². The van der Waals surface area contributed by atoms with E-state index in [1.807, 2.05) is 7.05 Å². The van der Waals surface area contributed by atoms with Crippen LogP contribution in [0.25, 0.3) is 0 Å². The molecule has 0 spiro atoms. The minimum atomic E-state index is -3.48. The summed E-state index contributed by atoms with van der Waals surface area (Å²) in [6.45, 7) is 2.23. The number of nitrogens with zero attached hydrogens (tertiary/aromatic N) is 2. The van der Waals surface area contributed by atoms with Gasteiger partial charge in [0.1, 0.15) is 5.82 Å². The van der Waals surface area contributed by atoms with Crippen LogP contribution < -0.4 is 0 Å². The van der Waals surface area contributed by atoms with Gasteiger partial charge in [0.25, 0.3) is 0 Å². The smallest absolute Gasteiger partial charge is 0.218 e. The zero-order chi connectivity index (χ0) is 15.9. The first-order valence-corrected chi connectivity index (χ1v) is 9.09. The Morgan fingerprint density at radius 3 is 2.86 bits per heavy atom. The first-order valence-electron chi connectivity index (χ1n) is 7.10. The van der Waals surface area contributed by atoms with Gasteiger partial charge >= 0.3 is 0 Å². The fourth-order valence-electron chi connectivity index (χ4n) is 2.98. The van der Waals surface area contributed by atoms with Crippen LogP contribution in [0.3, 0.4) is 0 Å². The molecule has 2 atom stereocenters. The predicted octanol–water partition coefficient (Wildman–Crippen LogP) is 1.32. The van der Waals surface area contributed by atoms with E-state index in [4.69, 9.17) is 16.3 Å². The van der Waals surface area contributed by atoms with Gasteiger partial charge in [-0.15, -0.1) is 0 Å². The molecule has 2 heterocycles. The van der Waals surface area contributed by atoms with E-state index >= 15 is 0 Å². The lowest BCUT2D eigenvalue weighted by molar-refractivity contribution is -0.0366. The quantitative estimate of drug-likeness (QED) is 0.826. The number of halogens is 2. The number of rotatable bonds is 3. The summed E-state index contributed by atoms with van der Waals surface area (Å²) < 4.78 is 45.4. The van der Waals surface area contributed by atoms with E-state index in [-0.39, 0.29) is 22.9 Å². The van der Waals surface area contributed by atoms with Crippen LogP contribution >= 0.6 is 11.6 Å². The Bertz CT molecular complexity index is 670. The lowest BCUT2D eigenvalue weighted by Gasteiger charge is -2.33. The van der Waals surface area contributed by atoms with Crippen LogP contribution in [0.5, 0.6) is 0 Å². The number of hydrogen-bond donors (Lipinski definition) is 0. The molecular weight excluding hydrogens is 331 g/mol. The van der Waals surface area contributed by atoms with Crippen molar-refractivity contribution in [3.8, 4) is 0 Å². The van der Waals surface area contributed by atoms with Crippen LogP contribution in [0.4, 0.5) is 4.39 Å². The molecule has 0 aliphatic carbocycles. The largest absolute Gasteiger partial charge is 0.374 e. The monoisotopic (exact) mass is 348 g/mol. The van der Waals surface area contributed by atoms with Crippen molar-refractivity contribution in [1.29, 1.82) is 0 Å². The van der Waals surface area contributed by atoms with Crippen LogP contribution in [0.2, 0.25) is 5.02 Å². The number of benzene rings is 1. The number of sulfonamides is 1. The Morgan fingerprint density at radius 1 is 1.41 bits per heavy atom. The molecule has 0 radical (unpaired) electrons. The van der Waals surface area contributed by atoms with Gasteiger partial charge in [0.2, 0.25) is 10.0 Å². The Balaban J connectivity index is 1.74. The van der Waals surface area contributed by atoms with Crippen molar-refractivity contribution in [1.82, 2.24) is 9.21 Å². The lowest BCUT2D eigenvalue weighted by atomic mass is 10.1. The third kappa shape index (κ3) is 3.14. The molecule has 122 valence electrons. The van der Waals surface area contributed by atoms with Gasteiger partial charge in [0.15, 0.2) is 0 Å². The van der Waals surface area contributed by atoms with Gasteiger partial charge in [-0.05, 0) is 24.7 Å². The first kappa shape index (κ1) is 16.1. The summed E-state index contributed by atoms with van der Waals surface area (Å²) in [5, 5.41) is -0.0640. The summed E-state index contributed by atoms with van der Waals surface area (Å²) in [7, 11) is -1.50. The Hall–Kier alpha value is -0.730. The summed E-state index contributed by atoms with van der Waals surface area (Å²) in [4.78, 5) is 2.14. The molecular formula is C14H18ClFN2O3S. The van der Waals surface area contributed by atoms with Crippen LogP contribution in [0.1, 0.15) is 5.56 Å². The molecule has 1 aromatic carbocycles. The third-order valence-corrected chi connectivity index (χ3v) is 6.34. The molecule has 22 heavy (non-hydrogen) atoms. The van der Waals surface area contributed by atoms with E-state index in [9.17, 15) is 12.8 Å². The lowest BCUT2D eigenvalue weighted by Crippen LogP contribution is -2.48. The zero-order valence-corrected chi connectivity index (χ0v) is 13.8. The fraction of sp³-hybridized carbons (Fsp3) is 0.571.